The molecule has 9 heteroatoms. The van der Waals surface area contributed by atoms with E-state index in [2.05, 4.69) is 11.4 Å². The highest BCUT2D eigenvalue weighted by Crippen LogP contribution is 2.26. The van der Waals surface area contributed by atoms with Crippen molar-refractivity contribution in [2.75, 3.05) is 39.8 Å². The van der Waals surface area contributed by atoms with Gasteiger partial charge in [0.1, 0.15) is 5.75 Å². The Labute approximate surface area is 211 Å². The number of rotatable bonds is 8. The number of hydrogen-bond donors (Lipinski definition) is 1. The number of amides is 1. The molecule has 1 amide bonds. The van der Waals surface area contributed by atoms with E-state index in [0.29, 0.717) is 43.1 Å². The van der Waals surface area contributed by atoms with Crippen LogP contribution >= 0.6 is 0 Å². The lowest BCUT2D eigenvalue weighted by Crippen LogP contribution is -2.50. The molecule has 3 aromatic rings. The predicted molar refractivity (Wildman–Crippen MR) is 137 cm³/mol. The second-order valence-electron chi connectivity index (χ2n) is 8.43. The highest BCUT2D eigenvalue weighted by atomic mass is 32.2. The van der Waals surface area contributed by atoms with Crippen LogP contribution in [0, 0.1) is 11.3 Å². The minimum Gasteiger partial charge on any atom is -0.496 e. The van der Waals surface area contributed by atoms with E-state index < -0.39 is 10.0 Å². The fourth-order valence-corrected chi connectivity index (χ4v) is 5.49. The largest absolute Gasteiger partial charge is 0.496 e. The molecule has 1 fully saturated rings. The summed E-state index contributed by atoms with van der Waals surface area (Å²) in [6, 6.07) is 22.9. The topological polar surface area (TPSA) is 103 Å². The lowest BCUT2D eigenvalue weighted by atomic mass is 10.0. The summed E-state index contributed by atoms with van der Waals surface area (Å²) in [6.45, 7) is 2.18. The molecule has 36 heavy (non-hydrogen) atoms. The summed E-state index contributed by atoms with van der Waals surface area (Å²) < 4.78 is 34.1. The number of carbonyl (C=O) groups excluding carboxylic acids is 1. The maximum atomic E-state index is 13.8. The first-order valence-corrected chi connectivity index (χ1v) is 13.1. The number of nitriles is 1. The molecule has 1 aliphatic heterocycles. The van der Waals surface area contributed by atoms with Crippen molar-refractivity contribution in [3.63, 3.8) is 0 Å². The maximum Gasteiger partial charge on any atom is 0.243 e. The van der Waals surface area contributed by atoms with Crippen LogP contribution in [0.25, 0.3) is 11.1 Å². The molecule has 3 aromatic carbocycles. The van der Waals surface area contributed by atoms with Gasteiger partial charge in [0.2, 0.25) is 15.9 Å². The number of ether oxygens (including phenoxy) is 1. The molecule has 8 nitrogen and oxygen atoms in total. The number of nitrogens with one attached hydrogen (secondary N) is 1. The van der Waals surface area contributed by atoms with Crippen LogP contribution in [0.5, 0.6) is 5.75 Å². The third-order valence-corrected chi connectivity index (χ3v) is 7.97. The van der Waals surface area contributed by atoms with E-state index in [1.165, 1.54) is 11.4 Å². The van der Waals surface area contributed by atoms with Crippen molar-refractivity contribution in [1.29, 1.82) is 5.26 Å². The Balaban J connectivity index is 1.63. The molecule has 0 saturated carbocycles. The summed E-state index contributed by atoms with van der Waals surface area (Å²) in [5.41, 5.74) is 2.93. The van der Waals surface area contributed by atoms with Gasteiger partial charge in [-0.1, -0.05) is 42.5 Å². The number of sulfonamides is 1. The van der Waals surface area contributed by atoms with Crippen molar-refractivity contribution >= 4 is 15.9 Å². The van der Waals surface area contributed by atoms with Crippen LogP contribution in [-0.2, 0) is 21.4 Å². The van der Waals surface area contributed by atoms with Gasteiger partial charge in [-0.3, -0.25) is 4.79 Å². The second kappa shape index (κ2) is 11.4. The lowest BCUT2D eigenvalue weighted by molar-refractivity contribution is -0.132. The lowest BCUT2D eigenvalue weighted by Gasteiger charge is -2.30. The zero-order valence-corrected chi connectivity index (χ0v) is 20.9. The zero-order valence-electron chi connectivity index (χ0n) is 20.1. The molecule has 0 unspecified atom stereocenters. The third kappa shape index (κ3) is 5.74. The van der Waals surface area contributed by atoms with E-state index >= 15 is 0 Å². The van der Waals surface area contributed by atoms with Crippen LogP contribution in [-0.4, -0.2) is 63.4 Å². The fourth-order valence-electron chi connectivity index (χ4n) is 4.12. The van der Waals surface area contributed by atoms with Crippen molar-refractivity contribution in [2.45, 2.75) is 11.4 Å². The molecule has 1 aliphatic rings. The van der Waals surface area contributed by atoms with Crippen molar-refractivity contribution in [3.8, 4) is 22.9 Å². The van der Waals surface area contributed by atoms with E-state index in [-0.39, 0.29) is 23.9 Å². The summed E-state index contributed by atoms with van der Waals surface area (Å²) in [5.74, 6) is 0.327. The van der Waals surface area contributed by atoms with Crippen LogP contribution in [0.15, 0.2) is 77.7 Å². The van der Waals surface area contributed by atoms with Gasteiger partial charge in [0, 0.05) is 38.3 Å². The molecule has 186 valence electrons. The average Bonchev–Trinajstić information content (AvgIpc) is 2.93. The van der Waals surface area contributed by atoms with Crippen molar-refractivity contribution in [3.05, 3.63) is 83.9 Å². The Morgan fingerprint density at radius 1 is 1.00 bits per heavy atom. The molecule has 0 radical (unpaired) electrons. The van der Waals surface area contributed by atoms with Gasteiger partial charge >= 0.3 is 0 Å². The SMILES string of the molecule is COc1ccccc1CN(CC(=O)N1CCNCC1)S(=O)(=O)c1ccc(-c2ccc(C#N)cc2)cc1. The van der Waals surface area contributed by atoms with Gasteiger partial charge in [0.05, 0.1) is 30.2 Å². The van der Waals surface area contributed by atoms with Gasteiger partial charge in [0.15, 0.2) is 0 Å². The third-order valence-electron chi connectivity index (χ3n) is 6.16. The first-order chi connectivity index (χ1) is 17.4. The Morgan fingerprint density at radius 3 is 2.22 bits per heavy atom. The average molecular weight is 505 g/mol. The maximum absolute atomic E-state index is 13.8. The first kappa shape index (κ1) is 25.4. The Morgan fingerprint density at radius 2 is 1.61 bits per heavy atom. The number of benzene rings is 3. The van der Waals surface area contributed by atoms with Crippen LogP contribution in [0.3, 0.4) is 0 Å². The van der Waals surface area contributed by atoms with E-state index in [1.54, 1.807) is 53.4 Å². The van der Waals surface area contributed by atoms with Gasteiger partial charge in [0.25, 0.3) is 0 Å². The highest BCUT2D eigenvalue weighted by molar-refractivity contribution is 7.89. The number of hydrogen-bond acceptors (Lipinski definition) is 6. The molecule has 0 aliphatic carbocycles. The number of piperazine rings is 1. The summed E-state index contributed by atoms with van der Waals surface area (Å²) in [7, 11) is -2.46. The predicted octanol–water partition coefficient (Wildman–Crippen LogP) is 2.86. The van der Waals surface area contributed by atoms with E-state index in [0.717, 1.165) is 11.1 Å². The van der Waals surface area contributed by atoms with E-state index in [4.69, 9.17) is 10.00 Å². The molecule has 0 bridgehead atoms. The number of carbonyl (C=O) groups is 1. The molecule has 1 heterocycles. The summed E-state index contributed by atoms with van der Waals surface area (Å²) in [5, 5.41) is 12.2. The molecule has 0 atom stereocenters. The summed E-state index contributed by atoms with van der Waals surface area (Å²) in [4.78, 5) is 14.9. The fraction of sp³-hybridized carbons (Fsp3) is 0.259. The normalized spacial score (nSPS) is 13.9. The first-order valence-electron chi connectivity index (χ1n) is 11.6. The number of para-hydroxylation sites is 1. The van der Waals surface area contributed by atoms with Crippen molar-refractivity contribution < 1.29 is 17.9 Å². The smallest absolute Gasteiger partial charge is 0.243 e. The second-order valence-corrected chi connectivity index (χ2v) is 10.4. The summed E-state index contributed by atoms with van der Waals surface area (Å²) in [6.07, 6.45) is 0. The Bertz CT molecular complexity index is 1340. The number of nitrogens with zero attached hydrogens (tertiary/aromatic N) is 3. The Hall–Kier alpha value is -3.71. The van der Waals surface area contributed by atoms with Crippen LogP contribution in [0.2, 0.25) is 0 Å². The molecule has 1 saturated heterocycles. The van der Waals surface area contributed by atoms with Gasteiger partial charge in [-0.25, -0.2) is 8.42 Å². The molecule has 4 rings (SSSR count). The van der Waals surface area contributed by atoms with E-state index in [9.17, 15) is 13.2 Å². The van der Waals surface area contributed by atoms with Gasteiger partial charge in [-0.2, -0.15) is 9.57 Å². The van der Waals surface area contributed by atoms with E-state index in [1.807, 2.05) is 24.3 Å². The monoisotopic (exact) mass is 504 g/mol. The van der Waals surface area contributed by atoms with Gasteiger partial charge < -0.3 is 15.0 Å². The molecular formula is C27H28N4O4S. The zero-order chi connectivity index (χ0) is 25.5. The molecule has 1 N–H and O–H groups in total. The Kier molecular flexibility index (Phi) is 8.00. The van der Waals surface area contributed by atoms with Crippen LogP contribution in [0.4, 0.5) is 0 Å². The van der Waals surface area contributed by atoms with Gasteiger partial charge in [-0.05, 0) is 41.5 Å². The minimum absolute atomic E-state index is 0.00154. The summed E-state index contributed by atoms with van der Waals surface area (Å²) >= 11 is 0. The quantitative estimate of drug-likeness (QED) is 0.506. The molecule has 0 aromatic heterocycles. The standard InChI is InChI=1S/C27H28N4O4S/c1-35-26-5-3-2-4-24(26)19-31(20-27(32)30-16-14-29-15-17-30)36(33,34)25-12-10-23(11-13-25)22-8-6-21(18-28)7-9-22/h2-13,29H,14-17,19-20H2,1H3. The van der Waals surface area contributed by atoms with Crippen LogP contribution < -0.4 is 10.1 Å². The van der Waals surface area contributed by atoms with Crippen molar-refractivity contribution in [1.82, 2.24) is 14.5 Å². The van der Waals surface area contributed by atoms with Crippen LogP contribution in [0.1, 0.15) is 11.1 Å². The molecule has 0 spiro atoms. The molecular weight excluding hydrogens is 476 g/mol. The van der Waals surface area contributed by atoms with Crippen molar-refractivity contribution in [2.24, 2.45) is 0 Å². The minimum atomic E-state index is -4.00. The van der Waals surface area contributed by atoms with Gasteiger partial charge in [-0.15, -0.1) is 0 Å². The number of methoxy groups -OCH3 is 1. The highest BCUT2D eigenvalue weighted by Gasteiger charge is 2.30.